The minimum atomic E-state index is -0.849. The van der Waals surface area contributed by atoms with Gasteiger partial charge in [-0.2, -0.15) is 0 Å². The van der Waals surface area contributed by atoms with E-state index in [0.29, 0.717) is 18.1 Å². The molecule has 1 saturated heterocycles. The third-order valence-corrected chi connectivity index (χ3v) is 3.02. The molecule has 1 heterocycles. The molecule has 1 rings (SSSR count). The highest BCUT2D eigenvalue weighted by molar-refractivity contribution is 6.19. The molecule has 9 heteroatoms. The van der Waals surface area contributed by atoms with E-state index in [1.165, 1.54) is 11.9 Å². The van der Waals surface area contributed by atoms with Gasteiger partial charge in [0.05, 0.1) is 11.5 Å². The van der Waals surface area contributed by atoms with Crippen LogP contribution >= 0.6 is 11.6 Å². The van der Waals surface area contributed by atoms with Crippen molar-refractivity contribution in [1.29, 1.82) is 0 Å². The van der Waals surface area contributed by atoms with E-state index in [1.807, 2.05) is 6.92 Å². The van der Waals surface area contributed by atoms with Gasteiger partial charge >= 0.3 is 6.16 Å². The average molecular weight is 324 g/mol. The lowest BCUT2D eigenvalue weighted by Crippen LogP contribution is -2.39. The fraction of sp³-hybridized carbons (Fsp3) is 0.917. The van der Waals surface area contributed by atoms with Crippen LogP contribution in [0.2, 0.25) is 0 Å². The largest absolute Gasteiger partial charge is 0.569 e. The fourth-order valence-corrected chi connectivity index (χ4v) is 1.96. The van der Waals surface area contributed by atoms with E-state index in [4.69, 9.17) is 21.2 Å². The topological polar surface area (TPSA) is 86.4 Å². The molecule has 1 aliphatic rings. The van der Waals surface area contributed by atoms with Crippen molar-refractivity contribution in [3.8, 4) is 0 Å². The molecule has 2 atom stereocenters. The number of hydrogen-bond acceptors (Lipinski definition) is 6. The summed E-state index contributed by atoms with van der Waals surface area (Å²) in [5.74, 6) is 0. The monoisotopic (exact) mass is 323 g/mol. The van der Waals surface area contributed by atoms with Gasteiger partial charge in [-0.15, -0.1) is 5.01 Å². The molecule has 1 aliphatic heterocycles. The number of unbranched alkanes of at least 4 members (excludes halogenated alkanes) is 1. The minimum absolute atomic E-state index is 0.0473. The predicted molar refractivity (Wildman–Crippen MR) is 74.4 cm³/mol. The highest BCUT2D eigenvalue weighted by atomic mass is 35.5. The minimum Gasteiger partial charge on any atom is -0.569 e. The van der Waals surface area contributed by atoms with Crippen LogP contribution in [0, 0.1) is 5.21 Å². The molecule has 0 saturated carbocycles. The lowest BCUT2D eigenvalue weighted by molar-refractivity contribution is -0.714. The van der Waals surface area contributed by atoms with Crippen molar-refractivity contribution in [2.75, 3.05) is 19.8 Å². The summed E-state index contributed by atoms with van der Waals surface area (Å²) in [6.07, 6.45) is 2.51. The Labute approximate surface area is 129 Å². The van der Waals surface area contributed by atoms with Gasteiger partial charge in [-0.1, -0.05) is 24.9 Å². The molecule has 0 aromatic rings. The van der Waals surface area contributed by atoms with Crippen LogP contribution in [0.4, 0.5) is 4.79 Å². The first-order chi connectivity index (χ1) is 10.0. The maximum absolute atomic E-state index is 11.8. The zero-order chi connectivity index (χ0) is 15.7. The van der Waals surface area contributed by atoms with Crippen molar-refractivity contribution >= 4 is 17.8 Å². The highest BCUT2D eigenvalue weighted by Gasteiger charge is 2.32. The molecule has 8 nitrogen and oxygen atoms in total. The zero-order valence-electron chi connectivity index (χ0n) is 12.4. The summed E-state index contributed by atoms with van der Waals surface area (Å²) >= 11 is 5.51. The number of hydrazine groups is 1. The summed E-state index contributed by atoms with van der Waals surface area (Å²) in [5, 5.41) is 16.7. The number of carbonyl (C=O) groups is 1. The Bertz CT molecular complexity index is 354. The Morgan fingerprint density at radius 3 is 3.05 bits per heavy atom. The van der Waals surface area contributed by atoms with Gasteiger partial charge in [0.25, 0.3) is 0 Å². The molecule has 0 spiro atoms. The summed E-state index contributed by atoms with van der Waals surface area (Å²) in [4.78, 5) is 16.6. The van der Waals surface area contributed by atoms with Crippen molar-refractivity contribution in [3.63, 3.8) is 0 Å². The number of hydrogen-bond donors (Lipinski definition) is 0. The van der Waals surface area contributed by atoms with Crippen LogP contribution in [0.1, 0.15) is 39.5 Å². The molecule has 0 bridgehead atoms. The Morgan fingerprint density at radius 1 is 1.62 bits per heavy atom. The van der Waals surface area contributed by atoms with Crippen molar-refractivity contribution in [3.05, 3.63) is 5.21 Å². The van der Waals surface area contributed by atoms with Crippen LogP contribution < -0.4 is 0 Å². The standard InChI is InChI=1S/C12H22ClN3O5/c1-3-4-8-20-14-16(18)15-7-5-6-11(15)9-19-12(17)21-10(2)13/h10-11H,3-9H2,1-2H3/t10?,11-/m0/s1. The Hall–Kier alpha value is -1.44. The van der Waals surface area contributed by atoms with Crippen molar-refractivity contribution in [2.45, 2.75) is 51.1 Å². The summed E-state index contributed by atoms with van der Waals surface area (Å²) < 4.78 is 9.57. The van der Waals surface area contributed by atoms with E-state index >= 15 is 0 Å². The van der Waals surface area contributed by atoms with Gasteiger partial charge in [-0.25, -0.2) is 4.79 Å². The van der Waals surface area contributed by atoms with E-state index in [1.54, 1.807) is 0 Å². The normalized spacial score (nSPS) is 20.2. The second-order valence-corrected chi connectivity index (χ2v) is 5.32. The molecule has 0 radical (unpaired) electrons. The fourth-order valence-electron chi connectivity index (χ4n) is 1.89. The first-order valence-corrected chi connectivity index (χ1v) is 7.52. The SMILES string of the molecule is CCCCON=[N+]([O-])N1CCC[C@H]1COC(=O)OC(C)Cl. The first kappa shape index (κ1) is 17.6. The molecule has 122 valence electrons. The van der Waals surface area contributed by atoms with Gasteiger partial charge in [-0.3, -0.25) is 0 Å². The van der Waals surface area contributed by atoms with Crippen LogP contribution in [0.3, 0.4) is 0 Å². The second-order valence-electron chi connectivity index (χ2n) is 4.70. The van der Waals surface area contributed by atoms with Gasteiger partial charge in [0, 0.05) is 0 Å². The summed E-state index contributed by atoms with van der Waals surface area (Å²) in [6.45, 7) is 4.53. The number of nitrogens with zero attached hydrogens (tertiary/aromatic N) is 3. The number of carbonyl (C=O) groups excluding carboxylic acids is 1. The molecule has 0 aliphatic carbocycles. The van der Waals surface area contributed by atoms with Crippen molar-refractivity contribution < 1.29 is 24.1 Å². The van der Waals surface area contributed by atoms with E-state index < -0.39 is 11.7 Å². The van der Waals surface area contributed by atoms with Crippen LogP contribution in [-0.2, 0) is 14.3 Å². The summed E-state index contributed by atoms with van der Waals surface area (Å²) in [7, 11) is 0. The molecule has 0 amide bonds. The van der Waals surface area contributed by atoms with E-state index in [0.717, 1.165) is 25.7 Å². The van der Waals surface area contributed by atoms with E-state index in [2.05, 4.69) is 10.0 Å². The van der Waals surface area contributed by atoms with Gasteiger partial charge in [-0.05, 0) is 26.2 Å². The smallest absolute Gasteiger partial charge is 0.509 e. The molecule has 1 fully saturated rings. The van der Waals surface area contributed by atoms with E-state index in [-0.39, 0.29) is 12.6 Å². The maximum Gasteiger partial charge on any atom is 0.509 e. The highest BCUT2D eigenvalue weighted by Crippen LogP contribution is 2.18. The number of halogens is 1. The quantitative estimate of drug-likeness (QED) is 0.170. The third kappa shape index (κ3) is 6.70. The van der Waals surface area contributed by atoms with Crippen molar-refractivity contribution in [2.24, 2.45) is 5.28 Å². The number of alkyl halides is 1. The molecular formula is C12H22ClN3O5. The predicted octanol–water partition coefficient (Wildman–Crippen LogP) is 2.80. The first-order valence-electron chi connectivity index (χ1n) is 7.08. The Kier molecular flexibility index (Phi) is 7.96. The molecule has 21 heavy (non-hydrogen) atoms. The molecule has 0 N–H and O–H groups in total. The van der Waals surface area contributed by atoms with Crippen LogP contribution in [-0.4, -0.2) is 47.5 Å². The molecule has 1 unspecified atom stereocenters. The van der Waals surface area contributed by atoms with Crippen molar-refractivity contribution in [1.82, 2.24) is 5.01 Å². The van der Waals surface area contributed by atoms with Gasteiger partial charge in [0.2, 0.25) is 5.28 Å². The lowest BCUT2D eigenvalue weighted by Gasteiger charge is -2.19. The lowest BCUT2D eigenvalue weighted by atomic mass is 10.2. The van der Waals surface area contributed by atoms with Gasteiger partial charge in [0.1, 0.15) is 19.3 Å². The van der Waals surface area contributed by atoms with Gasteiger partial charge in [0.15, 0.2) is 5.56 Å². The maximum atomic E-state index is 11.8. The van der Waals surface area contributed by atoms with Crippen LogP contribution in [0.5, 0.6) is 0 Å². The number of ether oxygens (including phenoxy) is 2. The summed E-state index contributed by atoms with van der Waals surface area (Å²) in [6, 6.07) is -0.237. The molecule has 0 aromatic heterocycles. The Balaban J connectivity index is 2.38. The number of rotatable bonds is 8. The average Bonchev–Trinajstić information content (AvgIpc) is 2.89. The second kappa shape index (κ2) is 9.49. The van der Waals surface area contributed by atoms with Crippen LogP contribution in [0.15, 0.2) is 5.28 Å². The van der Waals surface area contributed by atoms with Crippen LogP contribution in [0.25, 0.3) is 0 Å². The van der Waals surface area contributed by atoms with Gasteiger partial charge < -0.3 is 19.5 Å². The Morgan fingerprint density at radius 2 is 2.38 bits per heavy atom. The molecule has 0 aromatic carbocycles. The third-order valence-electron chi connectivity index (χ3n) is 2.93. The molecular weight excluding hydrogens is 302 g/mol. The summed E-state index contributed by atoms with van der Waals surface area (Å²) in [5.41, 5.74) is -0.754. The van der Waals surface area contributed by atoms with E-state index in [9.17, 15) is 10.0 Å². The zero-order valence-corrected chi connectivity index (χ0v) is 13.1.